The van der Waals surface area contributed by atoms with Crippen molar-refractivity contribution in [1.29, 1.82) is 0 Å². The molecule has 0 aliphatic rings. The van der Waals surface area contributed by atoms with Crippen LogP contribution in [-0.4, -0.2) is 9.97 Å². The van der Waals surface area contributed by atoms with Crippen LogP contribution in [0.25, 0.3) is 11.3 Å². The summed E-state index contributed by atoms with van der Waals surface area (Å²) in [4.78, 5) is 7.77. The summed E-state index contributed by atoms with van der Waals surface area (Å²) in [5, 5.41) is 0. The summed E-state index contributed by atoms with van der Waals surface area (Å²) in [7, 11) is 0. The van der Waals surface area contributed by atoms with E-state index in [0.29, 0.717) is 6.61 Å². The van der Waals surface area contributed by atoms with Gasteiger partial charge in [-0.2, -0.15) is 0 Å². The Bertz CT molecular complexity index is 1010. The molecule has 4 heteroatoms. The average molecular weight is 356 g/mol. The first-order valence-corrected chi connectivity index (χ1v) is 8.83. The number of ether oxygens (including phenoxy) is 2. The predicted molar refractivity (Wildman–Crippen MR) is 106 cm³/mol. The lowest BCUT2D eigenvalue weighted by Gasteiger charge is -2.07. The number of H-pyrrole nitrogens is 1. The zero-order valence-electron chi connectivity index (χ0n) is 15.1. The number of hydrogen-bond donors (Lipinski definition) is 1. The Morgan fingerprint density at radius 3 is 2.37 bits per heavy atom. The van der Waals surface area contributed by atoms with Gasteiger partial charge in [-0.15, -0.1) is 0 Å². The van der Waals surface area contributed by atoms with Gasteiger partial charge in [-0.05, 0) is 61.0 Å². The van der Waals surface area contributed by atoms with Crippen molar-refractivity contribution in [3.63, 3.8) is 0 Å². The summed E-state index contributed by atoms with van der Waals surface area (Å²) in [6.07, 6.45) is 1.89. The monoisotopic (exact) mass is 356 g/mol. The van der Waals surface area contributed by atoms with Gasteiger partial charge in [0.15, 0.2) is 0 Å². The number of aryl methyl sites for hydroxylation is 1. The molecular formula is C23H20N2O2. The molecule has 0 aliphatic heterocycles. The molecule has 0 bridgehead atoms. The first kappa shape index (κ1) is 16.9. The fourth-order valence-corrected chi connectivity index (χ4v) is 2.76. The number of hydrogen-bond acceptors (Lipinski definition) is 3. The summed E-state index contributed by atoms with van der Waals surface area (Å²) in [5.74, 6) is 3.25. The van der Waals surface area contributed by atoms with Gasteiger partial charge in [-0.25, -0.2) is 4.98 Å². The van der Waals surface area contributed by atoms with Crippen molar-refractivity contribution < 1.29 is 9.47 Å². The molecular weight excluding hydrogens is 336 g/mol. The van der Waals surface area contributed by atoms with Crippen LogP contribution in [0.2, 0.25) is 0 Å². The molecule has 0 amide bonds. The number of imidazole rings is 1. The maximum absolute atomic E-state index is 5.89. The quantitative estimate of drug-likeness (QED) is 0.478. The van der Waals surface area contributed by atoms with Gasteiger partial charge in [0.2, 0.25) is 0 Å². The number of nitrogens with zero attached hydrogens (tertiary/aromatic N) is 1. The lowest BCUT2D eigenvalue weighted by molar-refractivity contribution is 0.297. The van der Waals surface area contributed by atoms with E-state index in [0.717, 1.165) is 34.3 Å². The van der Waals surface area contributed by atoms with Gasteiger partial charge in [0.25, 0.3) is 0 Å². The van der Waals surface area contributed by atoms with E-state index >= 15 is 0 Å². The molecule has 1 N–H and O–H groups in total. The molecule has 0 aliphatic carbocycles. The minimum absolute atomic E-state index is 0.401. The molecule has 3 aromatic carbocycles. The number of aromatic amines is 1. The number of aromatic nitrogens is 2. The first-order chi connectivity index (χ1) is 13.3. The fourth-order valence-electron chi connectivity index (χ4n) is 2.76. The SMILES string of the molecule is Cc1cccc(Oc2ccc(-c3c[nH]c(COc4ccccc4)n3)cc2)c1. The van der Waals surface area contributed by atoms with Crippen molar-refractivity contribution in [3.8, 4) is 28.5 Å². The Morgan fingerprint density at radius 1 is 0.815 bits per heavy atom. The molecule has 1 aromatic heterocycles. The van der Waals surface area contributed by atoms with Crippen molar-refractivity contribution >= 4 is 0 Å². The largest absolute Gasteiger partial charge is 0.486 e. The molecule has 0 radical (unpaired) electrons. The van der Waals surface area contributed by atoms with Crippen LogP contribution in [0, 0.1) is 6.92 Å². The number of nitrogens with one attached hydrogen (secondary N) is 1. The first-order valence-electron chi connectivity index (χ1n) is 8.83. The Kier molecular flexibility index (Phi) is 4.88. The molecule has 0 atom stereocenters. The topological polar surface area (TPSA) is 47.1 Å². The predicted octanol–water partition coefficient (Wildman–Crippen LogP) is 5.76. The minimum Gasteiger partial charge on any atom is -0.486 e. The average Bonchev–Trinajstić information content (AvgIpc) is 3.17. The molecule has 0 saturated heterocycles. The molecule has 4 aromatic rings. The molecule has 1 heterocycles. The van der Waals surface area contributed by atoms with E-state index in [9.17, 15) is 0 Å². The summed E-state index contributed by atoms with van der Waals surface area (Å²) in [6, 6.07) is 25.6. The standard InChI is InChI=1S/C23H20N2O2/c1-17-6-5-9-21(14-17)27-20-12-10-18(11-13-20)22-15-24-23(25-22)16-26-19-7-3-2-4-8-19/h2-15H,16H2,1H3,(H,24,25). The Morgan fingerprint density at radius 2 is 1.59 bits per heavy atom. The summed E-state index contributed by atoms with van der Waals surface area (Å²) in [5.41, 5.74) is 3.07. The zero-order valence-corrected chi connectivity index (χ0v) is 15.1. The third-order valence-corrected chi connectivity index (χ3v) is 4.12. The van der Waals surface area contributed by atoms with Crippen LogP contribution >= 0.6 is 0 Å². The van der Waals surface area contributed by atoms with E-state index in [-0.39, 0.29) is 0 Å². The third-order valence-electron chi connectivity index (χ3n) is 4.12. The normalized spacial score (nSPS) is 10.6. The van der Waals surface area contributed by atoms with Gasteiger partial charge < -0.3 is 14.5 Å². The van der Waals surface area contributed by atoms with Gasteiger partial charge in [0, 0.05) is 11.8 Å². The number of benzene rings is 3. The van der Waals surface area contributed by atoms with Crippen molar-refractivity contribution in [2.45, 2.75) is 13.5 Å². The maximum atomic E-state index is 5.89. The molecule has 4 rings (SSSR count). The fraction of sp³-hybridized carbons (Fsp3) is 0.0870. The number of rotatable bonds is 6. The second kappa shape index (κ2) is 7.79. The second-order valence-electron chi connectivity index (χ2n) is 6.28. The van der Waals surface area contributed by atoms with Crippen LogP contribution < -0.4 is 9.47 Å². The van der Waals surface area contributed by atoms with Crippen LogP contribution in [0.1, 0.15) is 11.4 Å². The Hall–Kier alpha value is -3.53. The van der Waals surface area contributed by atoms with Crippen LogP contribution in [0.4, 0.5) is 0 Å². The summed E-state index contributed by atoms with van der Waals surface area (Å²) in [6.45, 7) is 2.45. The van der Waals surface area contributed by atoms with E-state index in [1.807, 2.05) is 92.0 Å². The maximum Gasteiger partial charge on any atom is 0.146 e. The Balaban J connectivity index is 1.41. The molecule has 4 nitrogen and oxygen atoms in total. The summed E-state index contributed by atoms with van der Waals surface area (Å²) < 4.78 is 11.6. The van der Waals surface area contributed by atoms with Crippen molar-refractivity contribution in [2.75, 3.05) is 0 Å². The third kappa shape index (κ3) is 4.36. The molecule has 134 valence electrons. The molecule has 0 unspecified atom stereocenters. The highest BCUT2D eigenvalue weighted by Gasteiger charge is 2.06. The van der Waals surface area contributed by atoms with Crippen molar-refractivity contribution in [1.82, 2.24) is 9.97 Å². The van der Waals surface area contributed by atoms with Gasteiger partial charge in [-0.3, -0.25) is 0 Å². The van der Waals surface area contributed by atoms with Crippen LogP contribution in [-0.2, 0) is 6.61 Å². The van der Waals surface area contributed by atoms with Crippen LogP contribution in [0.15, 0.2) is 85.1 Å². The smallest absolute Gasteiger partial charge is 0.146 e. The second-order valence-corrected chi connectivity index (χ2v) is 6.28. The van der Waals surface area contributed by atoms with Crippen LogP contribution in [0.3, 0.4) is 0 Å². The highest BCUT2D eigenvalue weighted by atomic mass is 16.5. The van der Waals surface area contributed by atoms with Crippen LogP contribution in [0.5, 0.6) is 17.2 Å². The zero-order chi connectivity index (χ0) is 18.5. The van der Waals surface area contributed by atoms with E-state index < -0.39 is 0 Å². The lowest BCUT2D eigenvalue weighted by atomic mass is 10.1. The van der Waals surface area contributed by atoms with Crippen molar-refractivity contribution in [3.05, 3.63) is 96.4 Å². The Labute approximate surface area is 158 Å². The lowest BCUT2D eigenvalue weighted by Crippen LogP contribution is -1.97. The van der Waals surface area contributed by atoms with E-state index in [2.05, 4.69) is 9.97 Å². The highest BCUT2D eigenvalue weighted by molar-refractivity contribution is 5.59. The van der Waals surface area contributed by atoms with Gasteiger partial charge in [-0.1, -0.05) is 30.3 Å². The molecule has 0 saturated carbocycles. The van der Waals surface area contributed by atoms with E-state index in [1.54, 1.807) is 0 Å². The minimum atomic E-state index is 0.401. The van der Waals surface area contributed by atoms with Gasteiger partial charge in [0.1, 0.15) is 29.7 Å². The van der Waals surface area contributed by atoms with E-state index in [4.69, 9.17) is 9.47 Å². The molecule has 27 heavy (non-hydrogen) atoms. The van der Waals surface area contributed by atoms with E-state index in [1.165, 1.54) is 5.56 Å². The summed E-state index contributed by atoms with van der Waals surface area (Å²) >= 11 is 0. The number of para-hydroxylation sites is 1. The van der Waals surface area contributed by atoms with Gasteiger partial charge >= 0.3 is 0 Å². The van der Waals surface area contributed by atoms with Gasteiger partial charge in [0.05, 0.1) is 5.69 Å². The van der Waals surface area contributed by atoms with Crippen molar-refractivity contribution in [2.24, 2.45) is 0 Å². The molecule has 0 spiro atoms. The highest BCUT2D eigenvalue weighted by Crippen LogP contribution is 2.25. The molecule has 0 fully saturated rings.